The molecule has 0 atom stereocenters. The van der Waals surface area contributed by atoms with Gasteiger partial charge in [-0.25, -0.2) is 4.79 Å². The lowest BCUT2D eigenvalue weighted by Gasteiger charge is -2.02. The number of ether oxygens (including phenoxy) is 1. The number of aldehydes is 1. The number of carbonyl (C=O) groups is 2. The average Bonchev–Trinajstić information content (AvgIpc) is 2.35. The number of hydrogen-bond acceptors (Lipinski definition) is 3. The van der Waals surface area contributed by atoms with Gasteiger partial charge >= 0.3 is 5.97 Å². The Morgan fingerprint density at radius 1 is 0.882 bits per heavy atom. The van der Waals surface area contributed by atoms with Crippen LogP contribution in [0.15, 0.2) is 0 Å². The van der Waals surface area contributed by atoms with Crippen molar-refractivity contribution < 1.29 is 14.3 Å². The smallest absolute Gasteiger partial charge is 0.371 e. The van der Waals surface area contributed by atoms with Crippen molar-refractivity contribution in [3.05, 3.63) is 0 Å². The summed E-state index contributed by atoms with van der Waals surface area (Å²) >= 11 is 0. The maximum absolute atomic E-state index is 10.5. The van der Waals surface area contributed by atoms with Gasteiger partial charge in [-0.15, -0.1) is 0 Å². The first-order valence-electron chi connectivity index (χ1n) is 6.93. The van der Waals surface area contributed by atoms with Gasteiger partial charge in [0.05, 0.1) is 6.61 Å². The molecule has 0 heterocycles. The van der Waals surface area contributed by atoms with E-state index in [-0.39, 0.29) is 6.29 Å². The highest BCUT2D eigenvalue weighted by Crippen LogP contribution is 2.10. The Labute approximate surface area is 105 Å². The van der Waals surface area contributed by atoms with E-state index in [1.807, 2.05) is 0 Å². The van der Waals surface area contributed by atoms with E-state index in [1.165, 1.54) is 51.4 Å². The lowest BCUT2D eigenvalue weighted by Crippen LogP contribution is -2.06. The first-order chi connectivity index (χ1) is 8.31. The Hall–Kier alpha value is -0.860. The maximum Gasteiger partial charge on any atom is 0.371 e. The highest BCUT2D eigenvalue weighted by Gasteiger charge is 1.98. The molecule has 0 bridgehead atoms. The van der Waals surface area contributed by atoms with Crippen molar-refractivity contribution in [1.82, 2.24) is 0 Å². The molecule has 0 saturated heterocycles. The van der Waals surface area contributed by atoms with Gasteiger partial charge in [-0.3, -0.25) is 4.79 Å². The van der Waals surface area contributed by atoms with Crippen molar-refractivity contribution in [2.45, 2.75) is 71.1 Å². The van der Waals surface area contributed by atoms with Gasteiger partial charge in [0, 0.05) is 0 Å². The van der Waals surface area contributed by atoms with Gasteiger partial charge in [0.15, 0.2) is 0 Å². The molecular formula is C14H26O3. The van der Waals surface area contributed by atoms with Crippen LogP contribution in [0.2, 0.25) is 0 Å². The fourth-order valence-corrected chi connectivity index (χ4v) is 1.80. The molecule has 0 saturated carbocycles. The van der Waals surface area contributed by atoms with E-state index in [1.54, 1.807) is 0 Å². The van der Waals surface area contributed by atoms with Gasteiger partial charge in [-0.05, 0) is 6.42 Å². The van der Waals surface area contributed by atoms with Crippen LogP contribution in [0.3, 0.4) is 0 Å². The molecule has 0 rings (SSSR count). The molecule has 0 aromatic rings. The molecule has 17 heavy (non-hydrogen) atoms. The van der Waals surface area contributed by atoms with E-state index in [0.29, 0.717) is 6.61 Å². The Bertz CT molecular complexity index is 190. The lowest BCUT2D eigenvalue weighted by atomic mass is 10.1. The summed E-state index contributed by atoms with van der Waals surface area (Å²) in [6.45, 7) is 2.62. The second-order valence-corrected chi connectivity index (χ2v) is 4.47. The largest absolute Gasteiger partial charge is 0.460 e. The van der Waals surface area contributed by atoms with Crippen LogP contribution in [0.4, 0.5) is 0 Å². The molecule has 100 valence electrons. The molecule has 3 heteroatoms. The monoisotopic (exact) mass is 242 g/mol. The van der Waals surface area contributed by atoms with Gasteiger partial charge in [-0.1, -0.05) is 64.7 Å². The molecule has 0 radical (unpaired) electrons. The van der Waals surface area contributed by atoms with Gasteiger partial charge < -0.3 is 4.74 Å². The second kappa shape index (κ2) is 13.2. The second-order valence-electron chi connectivity index (χ2n) is 4.47. The molecule has 0 aromatic heterocycles. The summed E-state index contributed by atoms with van der Waals surface area (Å²) in [7, 11) is 0. The first kappa shape index (κ1) is 16.1. The average molecular weight is 242 g/mol. The predicted molar refractivity (Wildman–Crippen MR) is 68.9 cm³/mol. The number of esters is 1. The highest BCUT2D eigenvalue weighted by molar-refractivity contribution is 6.20. The van der Waals surface area contributed by atoms with Gasteiger partial charge in [0.1, 0.15) is 0 Å². The summed E-state index contributed by atoms with van der Waals surface area (Å²) in [6, 6.07) is 0. The van der Waals surface area contributed by atoms with Crippen LogP contribution < -0.4 is 0 Å². The minimum atomic E-state index is -0.749. The molecular weight excluding hydrogens is 216 g/mol. The summed E-state index contributed by atoms with van der Waals surface area (Å²) < 4.78 is 4.66. The third kappa shape index (κ3) is 13.1. The first-order valence-corrected chi connectivity index (χ1v) is 6.93. The third-order valence-corrected chi connectivity index (χ3v) is 2.84. The number of unbranched alkanes of at least 4 members (excludes halogenated alkanes) is 9. The van der Waals surface area contributed by atoms with E-state index >= 15 is 0 Å². The Balaban J connectivity index is 2.98. The molecule has 3 nitrogen and oxygen atoms in total. The predicted octanol–water partition coefficient (Wildman–Crippen LogP) is 3.65. The van der Waals surface area contributed by atoms with Crippen LogP contribution >= 0.6 is 0 Å². The van der Waals surface area contributed by atoms with E-state index in [0.717, 1.165) is 12.8 Å². The minimum absolute atomic E-state index is 0.219. The van der Waals surface area contributed by atoms with Crippen LogP contribution in [0, 0.1) is 0 Å². The summed E-state index contributed by atoms with van der Waals surface area (Å²) in [5, 5.41) is 0. The quantitative estimate of drug-likeness (QED) is 0.227. The highest BCUT2D eigenvalue weighted by atomic mass is 16.5. The zero-order chi connectivity index (χ0) is 12.8. The molecule has 0 unspecified atom stereocenters. The van der Waals surface area contributed by atoms with E-state index < -0.39 is 5.97 Å². The van der Waals surface area contributed by atoms with E-state index in [4.69, 9.17) is 0 Å². The fraction of sp³-hybridized carbons (Fsp3) is 0.857. The molecule has 0 aliphatic rings. The van der Waals surface area contributed by atoms with Crippen molar-refractivity contribution in [2.24, 2.45) is 0 Å². The van der Waals surface area contributed by atoms with Gasteiger partial charge in [-0.2, -0.15) is 0 Å². The Morgan fingerprint density at radius 3 is 1.82 bits per heavy atom. The van der Waals surface area contributed by atoms with Crippen LogP contribution in [0.25, 0.3) is 0 Å². The number of carbonyl (C=O) groups excluding carboxylic acids is 2. The van der Waals surface area contributed by atoms with Crippen LogP contribution in [0.5, 0.6) is 0 Å². The molecule has 0 aliphatic heterocycles. The molecule has 0 fully saturated rings. The van der Waals surface area contributed by atoms with Crippen molar-refractivity contribution in [2.75, 3.05) is 6.61 Å². The van der Waals surface area contributed by atoms with Crippen molar-refractivity contribution in [3.8, 4) is 0 Å². The summed E-state index contributed by atoms with van der Waals surface area (Å²) in [6.07, 6.45) is 12.7. The molecule has 0 amide bonds. The van der Waals surface area contributed by atoms with E-state index in [2.05, 4.69) is 11.7 Å². The van der Waals surface area contributed by atoms with E-state index in [9.17, 15) is 9.59 Å². The zero-order valence-electron chi connectivity index (χ0n) is 11.1. The molecule has 0 N–H and O–H groups in total. The third-order valence-electron chi connectivity index (χ3n) is 2.84. The number of rotatable bonds is 12. The molecule has 0 aliphatic carbocycles. The number of hydrogen-bond donors (Lipinski definition) is 0. The lowest BCUT2D eigenvalue weighted by molar-refractivity contribution is -0.148. The molecule has 0 aromatic carbocycles. The SMILES string of the molecule is CCCCCCCCCCCCOC(=O)C=O. The zero-order valence-corrected chi connectivity index (χ0v) is 11.1. The summed E-state index contributed by atoms with van der Waals surface area (Å²) in [4.78, 5) is 20.4. The van der Waals surface area contributed by atoms with Gasteiger partial charge in [0.25, 0.3) is 0 Å². The van der Waals surface area contributed by atoms with Crippen molar-refractivity contribution in [3.63, 3.8) is 0 Å². The standard InChI is InChI=1S/C14H26O3/c1-2-3-4-5-6-7-8-9-10-11-12-17-14(16)13-15/h13H,2-12H2,1H3. The minimum Gasteiger partial charge on any atom is -0.460 e. The van der Waals surface area contributed by atoms with Crippen molar-refractivity contribution in [1.29, 1.82) is 0 Å². The maximum atomic E-state index is 10.5. The van der Waals surface area contributed by atoms with Crippen LogP contribution in [-0.4, -0.2) is 18.9 Å². The Morgan fingerprint density at radius 2 is 1.35 bits per heavy atom. The summed E-state index contributed by atoms with van der Waals surface area (Å²) in [5.74, 6) is -0.749. The topological polar surface area (TPSA) is 43.4 Å². The molecule has 0 spiro atoms. The van der Waals surface area contributed by atoms with Gasteiger partial charge in [0.2, 0.25) is 6.29 Å². The van der Waals surface area contributed by atoms with Crippen LogP contribution in [0.1, 0.15) is 71.1 Å². The normalized spacial score (nSPS) is 10.2. The van der Waals surface area contributed by atoms with Crippen molar-refractivity contribution >= 4 is 12.3 Å². The fourth-order valence-electron chi connectivity index (χ4n) is 1.80. The Kier molecular flexibility index (Phi) is 12.5. The summed E-state index contributed by atoms with van der Waals surface area (Å²) in [5.41, 5.74) is 0. The van der Waals surface area contributed by atoms with Crippen LogP contribution in [-0.2, 0) is 14.3 Å².